The maximum atomic E-state index is 5.73. The Morgan fingerprint density at radius 3 is 3.00 bits per heavy atom. The summed E-state index contributed by atoms with van der Waals surface area (Å²) in [5.74, 6) is 0.836. The van der Waals surface area contributed by atoms with E-state index in [4.69, 9.17) is 4.74 Å². The molecule has 84 valence electrons. The summed E-state index contributed by atoms with van der Waals surface area (Å²) in [5.41, 5.74) is 1.08. The molecule has 1 aromatic heterocycles. The maximum Gasteiger partial charge on any atom is 0.200 e. The lowest BCUT2D eigenvalue weighted by Gasteiger charge is -2.10. The highest BCUT2D eigenvalue weighted by Gasteiger charge is 2.14. The molecule has 0 saturated heterocycles. The number of ether oxygens (including phenoxy) is 1. The Morgan fingerprint density at radius 2 is 2.33 bits per heavy atom. The summed E-state index contributed by atoms with van der Waals surface area (Å²) in [5, 5.41) is 3.20. The Balaban J connectivity index is 1.58. The van der Waals surface area contributed by atoms with Crippen LogP contribution in [0.3, 0.4) is 0 Å². The second-order valence-electron chi connectivity index (χ2n) is 4.12. The van der Waals surface area contributed by atoms with Crippen molar-refractivity contribution >= 4 is 5.95 Å². The molecule has 1 aromatic rings. The number of aromatic amines is 1. The van der Waals surface area contributed by atoms with Gasteiger partial charge in [-0.05, 0) is 19.8 Å². The average molecular weight is 209 g/mol. The van der Waals surface area contributed by atoms with E-state index in [-0.39, 0.29) is 0 Å². The molecule has 2 rings (SSSR count). The second kappa shape index (κ2) is 5.16. The van der Waals surface area contributed by atoms with E-state index in [0.717, 1.165) is 24.8 Å². The summed E-state index contributed by atoms with van der Waals surface area (Å²) in [6, 6.07) is 0. The Kier molecular flexibility index (Phi) is 3.61. The van der Waals surface area contributed by atoms with Gasteiger partial charge in [-0.3, -0.25) is 0 Å². The first-order valence-corrected chi connectivity index (χ1v) is 5.71. The molecule has 0 aromatic carbocycles. The molecule has 0 unspecified atom stereocenters. The third-order valence-corrected chi connectivity index (χ3v) is 2.75. The van der Waals surface area contributed by atoms with Crippen LogP contribution in [0.2, 0.25) is 0 Å². The highest BCUT2D eigenvalue weighted by atomic mass is 16.5. The number of nitrogens with zero attached hydrogens (tertiary/aromatic N) is 1. The summed E-state index contributed by atoms with van der Waals surface area (Å²) >= 11 is 0. The Hall–Kier alpha value is -1.03. The third kappa shape index (κ3) is 3.23. The molecule has 0 spiro atoms. The Morgan fingerprint density at radius 1 is 1.53 bits per heavy atom. The molecular weight excluding hydrogens is 190 g/mol. The molecule has 1 heterocycles. The summed E-state index contributed by atoms with van der Waals surface area (Å²) in [6.45, 7) is 3.58. The van der Waals surface area contributed by atoms with Crippen molar-refractivity contribution in [3.8, 4) is 0 Å². The van der Waals surface area contributed by atoms with Crippen LogP contribution in [0.1, 0.15) is 31.4 Å². The summed E-state index contributed by atoms with van der Waals surface area (Å²) in [7, 11) is 0. The minimum atomic E-state index is 0.505. The summed E-state index contributed by atoms with van der Waals surface area (Å²) in [4.78, 5) is 7.29. The van der Waals surface area contributed by atoms with Crippen molar-refractivity contribution in [2.45, 2.75) is 38.7 Å². The average Bonchev–Trinajstić information content (AvgIpc) is 2.84. The first-order chi connectivity index (χ1) is 7.34. The van der Waals surface area contributed by atoms with E-state index in [1.807, 2.05) is 13.1 Å². The number of nitrogens with one attached hydrogen (secondary N) is 2. The predicted molar refractivity (Wildman–Crippen MR) is 60.0 cm³/mol. The molecule has 1 aliphatic carbocycles. The van der Waals surface area contributed by atoms with Crippen LogP contribution < -0.4 is 5.32 Å². The zero-order valence-corrected chi connectivity index (χ0v) is 9.25. The third-order valence-electron chi connectivity index (χ3n) is 2.75. The van der Waals surface area contributed by atoms with Crippen molar-refractivity contribution in [2.75, 3.05) is 18.5 Å². The fourth-order valence-electron chi connectivity index (χ4n) is 1.95. The topological polar surface area (TPSA) is 49.9 Å². The van der Waals surface area contributed by atoms with Crippen LogP contribution in [0.15, 0.2) is 6.20 Å². The minimum absolute atomic E-state index is 0.505. The van der Waals surface area contributed by atoms with Gasteiger partial charge in [0, 0.05) is 18.4 Å². The van der Waals surface area contributed by atoms with E-state index in [2.05, 4.69) is 15.3 Å². The number of hydrogen-bond donors (Lipinski definition) is 2. The molecule has 4 heteroatoms. The van der Waals surface area contributed by atoms with Crippen LogP contribution in [0, 0.1) is 6.92 Å². The monoisotopic (exact) mass is 209 g/mol. The number of aryl methyl sites for hydroxylation is 1. The molecule has 15 heavy (non-hydrogen) atoms. The van der Waals surface area contributed by atoms with E-state index in [0.29, 0.717) is 6.10 Å². The van der Waals surface area contributed by atoms with E-state index >= 15 is 0 Å². The van der Waals surface area contributed by atoms with Crippen LogP contribution in [0.4, 0.5) is 5.95 Å². The number of H-pyrrole nitrogens is 1. The number of aromatic nitrogens is 2. The highest BCUT2D eigenvalue weighted by Crippen LogP contribution is 2.20. The first kappa shape index (κ1) is 10.5. The molecule has 0 radical (unpaired) electrons. The number of rotatable bonds is 5. The maximum absolute atomic E-state index is 5.73. The first-order valence-electron chi connectivity index (χ1n) is 5.71. The van der Waals surface area contributed by atoms with Crippen LogP contribution in [0.25, 0.3) is 0 Å². The molecule has 1 saturated carbocycles. The standard InChI is InChI=1S/C11H19N3O/c1-9-8-13-11(14-9)12-6-7-15-10-4-2-3-5-10/h8,10H,2-7H2,1H3,(H2,12,13,14). The van der Waals surface area contributed by atoms with Crippen molar-refractivity contribution in [3.63, 3.8) is 0 Å². The SMILES string of the molecule is Cc1cnc(NCCOC2CCCC2)[nH]1. The molecule has 1 fully saturated rings. The largest absolute Gasteiger partial charge is 0.376 e. The van der Waals surface area contributed by atoms with Gasteiger partial charge >= 0.3 is 0 Å². The molecular formula is C11H19N3O. The zero-order valence-electron chi connectivity index (χ0n) is 9.25. The van der Waals surface area contributed by atoms with Crippen LogP contribution in [-0.2, 0) is 4.74 Å². The molecule has 1 aliphatic rings. The van der Waals surface area contributed by atoms with Crippen molar-refractivity contribution in [1.29, 1.82) is 0 Å². The van der Waals surface area contributed by atoms with Gasteiger partial charge in [0.2, 0.25) is 0 Å². The van der Waals surface area contributed by atoms with Crippen LogP contribution >= 0.6 is 0 Å². The van der Waals surface area contributed by atoms with E-state index in [1.165, 1.54) is 25.7 Å². The van der Waals surface area contributed by atoms with Gasteiger partial charge in [0.1, 0.15) is 0 Å². The Bertz CT molecular complexity index is 292. The number of imidazole rings is 1. The molecule has 0 aliphatic heterocycles. The highest BCUT2D eigenvalue weighted by molar-refractivity contribution is 5.25. The van der Waals surface area contributed by atoms with Crippen molar-refractivity contribution < 1.29 is 4.74 Å². The fraction of sp³-hybridized carbons (Fsp3) is 0.727. The fourth-order valence-corrected chi connectivity index (χ4v) is 1.95. The summed E-state index contributed by atoms with van der Waals surface area (Å²) in [6.07, 6.45) is 7.45. The van der Waals surface area contributed by atoms with Crippen molar-refractivity contribution in [3.05, 3.63) is 11.9 Å². The van der Waals surface area contributed by atoms with E-state index < -0.39 is 0 Å². The number of hydrogen-bond acceptors (Lipinski definition) is 3. The zero-order chi connectivity index (χ0) is 10.5. The van der Waals surface area contributed by atoms with Crippen LogP contribution in [-0.4, -0.2) is 29.2 Å². The minimum Gasteiger partial charge on any atom is -0.376 e. The lowest BCUT2D eigenvalue weighted by Crippen LogP contribution is -2.15. The van der Waals surface area contributed by atoms with Crippen molar-refractivity contribution in [1.82, 2.24) is 9.97 Å². The van der Waals surface area contributed by atoms with Crippen molar-refractivity contribution in [2.24, 2.45) is 0 Å². The van der Waals surface area contributed by atoms with Gasteiger partial charge < -0.3 is 15.0 Å². The van der Waals surface area contributed by atoms with E-state index in [9.17, 15) is 0 Å². The van der Waals surface area contributed by atoms with Gasteiger partial charge in [-0.2, -0.15) is 0 Å². The van der Waals surface area contributed by atoms with Gasteiger partial charge in [0.15, 0.2) is 5.95 Å². The van der Waals surface area contributed by atoms with E-state index in [1.54, 1.807) is 0 Å². The lowest BCUT2D eigenvalue weighted by molar-refractivity contribution is 0.0658. The normalized spacial score (nSPS) is 17.1. The molecule has 2 N–H and O–H groups in total. The molecule has 4 nitrogen and oxygen atoms in total. The van der Waals surface area contributed by atoms with Gasteiger partial charge in [-0.15, -0.1) is 0 Å². The predicted octanol–water partition coefficient (Wildman–Crippen LogP) is 2.09. The second-order valence-corrected chi connectivity index (χ2v) is 4.12. The molecule has 0 bridgehead atoms. The van der Waals surface area contributed by atoms with Gasteiger partial charge in [-0.25, -0.2) is 4.98 Å². The van der Waals surface area contributed by atoms with Crippen LogP contribution in [0.5, 0.6) is 0 Å². The Labute approximate surface area is 90.4 Å². The lowest BCUT2D eigenvalue weighted by atomic mass is 10.3. The molecule has 0 atom stereocenters. The number of anilines is 1. The quantitative estimate of drug-likeness (QED) is 0.730. The molecule has 0 amide bonds. The van der Waals surface area contributed by atoms with Gasteiger partial charge in [0.05, 0.1) is 12.7 Å². The summed E-state index contributed by atoms with van der Waals surface area (Å²) < 4.78 is 5.73. The van der Waals surface area contributed by atoms with Gasteiger partial charge in [0.25, 0.3) is 0 Å². The smallest absolute Gasteiger partial charge is 0.200 e. The van der Waals surface area contributed by atoms with Gasteiger partial charge in [-0.1, -0.05) is 12.8 Å².